The number of carboxylic acid groups (broad SMARTS) is 1. The number of halogens is 1. The fourth-order valence-electron chi connectivity index (χ4n) is 2.07. The van der Waals surface area contributed by atoms with Gasteiger partial charge in [-0.2, -0.15) is 0 Å². The van der Waals surface area contributed by atoms with Crippen LogP contribution in [0.5, 0.6) is 0 Å². The van der Waals surface area contributed by atoms with E-state index in [2.05, 4.69) is 0 Å². The van der Waals surface area contributed by atoms with Gasteiger partial charge in [0.1, 0.15) is 12.4 Å². The van der Waals surface area contributed by atoms with Crippen LogP contribution in [0.1, 0.15) is 16.1 Å². The molecule has 0 fully saturated rings. The van der Waals surface area contributed by atoms with E-state index >= 15 is 0 Å². The van der Waals surface area contributed by atoms with E-state index in [0.717, 1.165) is 5.39 Å². The number of aryl methyl sites for hydroxylation is 1. The Morgan fingerprint density at radius 1 is 1.53 bits per heavy atom. The summed E-state index contributed by atoms with van der Waals surface area (Å²) in [5.74, 6) is -0.980. The molecule has 0 atom stereocenters. The lowest BCUT2D eigenvalue weighted by molar-refractivity contribution is 0.0663. The predicted molar refractivity (Wildman–Crippen MR) is 65.7 cm³/mol. The van der Waals surface area contributed by atoms with Gasteiger partial charge in [-0.05, 0) is 18.6 Å². The Kier molecular flexibility index (Phi) is 3.09. The summed E-state index contributed by atoms with van der Waals surface area (Å²) in [5, 5.41) is 10.6. The van der Waals surface area contributed by atoms with Crippen LogP contribution in [0.25, 0.3) is 10.9 Å². The van der Waals surface area contributed by atoms with E-state index < -0.39 is 5.97 Å². The molecule has 1 heterocycles. The number of hydrogen-bond donors (Lipinski definition) is 1. The van der Waals surface area contributed by atoms with Gasteiger partial charge in [-0.25, -0.2) is 4.79 Å². The van der Waals surface area contributed by atoms with Gasteiger partial charge in [0, 0.05) is 12.5 Å². The molecule has 1 N–H and O–H groups in total. The molecule has 1 aromatic heterocycles. The van der Waals surface area contributed by atoms with E-state index in [1.165, 1.54) is 7.11 Å². The molecule has 0 aliphatic heterocycles. The molecule has 0 saturated heterocycles. The zero-order chi connectivity index (χ0) is 12.6. The number of fused-ring (bicyclic) bond motifs is 1. The molecule has 1 aromatic carbocycles. The van der Waals surface area contributed by atoms with Gasteiger partial charge < -0.3 is 14.4 Å². The van der Waals surface area contributed by atoms with Crippen molar-refractivity contribution >= 4 is 28.5 Å². The van der Waals surface area contributed by atoms with E-state index in [1.807, 2.05) is 6.07 Å². The fraction of sp³-hybridized carbons (Fsp3) is 0.250. The summed E-state index contributed by atoms with van der Waals surface area (Å²) in [5.41, 5.74) is 1.62. The van der Waals surface area contributed by atoms with Crippen LogP contribution in [0.2, 0.25) is 5.02 Å². The summed E-state index contributed by atoms with van der Waals surface area (Å²) < 4.78 is 6.61. The zero-order valence-corrected chi connectivity index (χ0v) is 10.3. The van der Waals surface area contributed by atoms with Gasteiger partial charge in [0.15, 0.2) is 0 Å². The number of aromatic nitrogens is 1. The Labute approximate surface area is 103 Å². The van der Waals surface area contributed by atoms with E-state index in [4.69, 9.17) is 16.3 Å². The summed E-state index contributed by atoms with van der Waals surface area (Å²) in [7, 11) is 1.52. The summed E-state index contributed by atoms with van der Waals surface area (Å²) in [4.78, 5) is 11.3. The standard InChI is InChI=1S/C12H12ClNO3/c1-7-8-4-3-5-9(13)11(8)14(6-17-2)10(7)12(15)16/h3-5H,6H2,1-2H3,(H,15,16). The minimum absolute atomic E-state index is 0.162. The van der Waals surface area contributed by atoms with Gasteiger partial charge in [-0.15, -0.1) is 0 Å². The van der Waals surface area contributed by atoms with Crippen molar-refractivity contribution in [2.45, 2.75) is 13.7 Å². The molecule has 0 saturated carbocycles. The van der Waals surface area contributed by atoms with Gasteiger partial charge in [0.05, 0.1) is 10.5 Å². The number of ether oxygens (including phenoxy) is 1. The summed E-state index contributed by atoms with van der Waals surface area (Å²) in [6.07, 6.45) is 0. The van der Waals surface area contributed by atoms with Crippen molar-refractivity contribution in [1.29, 1.82) is 0 Å². The lowest BCUT2D eigenvalue weighted by Gasteiger charge is -2.07. The van der Waals surface area contributed by atoms with Crippen LogP contribution in [0, 0.1) is 6.92 Å². The molecule has 5 heteroatoms. The van der Waals surface area contributed by atoms with Crippen molar-refractivity contribution in [3.8, 4) is 0 Å². The zero-order valence-electron chi connectivity index (χ0n) is 9.53. The summed E-state index contributed by atoms with van der Waals surface area (Å²) >= 11 is 6.12. The third-order valence-corrected chi connectivity index (χ3v) is 3.05. The first-order valence-electron chi connectivity index (χ1n) is 5.07. The fourth-order valence-corrected chi connectivity index (χ4v) is 2.34. The maximum atomic E-state index is 11.3. The van der Waals surface area contributed by atoms with Crippen molar-refractivity contribution in [3.63, 3.8) is 0 Å². The van der Waals surface area contributed by atoms with Crippen molar-refractivity contribution in [1.82, 2.24) is 4.57 Å². The SMILES string of the molecule is COCn1c(C(=O)O)c(C)c2cccc(Cl)c21. The molecule has 0 spiro atoms. The molecule has 2 aromatic rings. The minimum Gasteiger partial charge on any atom is -0.477 e. The highest BCUT2D eigenvalue weighted by Gasteiger charge is 2.20. The van der Waals surface area contributed by atoms with Crippen LogP contribution < -0.4 is 0 Å². The van der Waals surface area contributed by atoms with Crippen molar-refractivity contribution < 1.29 is 14.6 Å². The van der Waals surface area contributed by atoms with Crippen LogP contribution >= 0.6 is 11.6 Å². The number of carboxylic acids is 1. The summed E-state index contributed by atoms with van der Waals surface area (Å²) in [6, 6.07) is 5.40. The lowest BCUT2D eigenvalue weighted by atomic mass is 10.1. The second-order valence-corrected chi connectivity index (χ2v) is 4.17. The highest BCUT2D eigenvalue weighted by molar-refractivity contribution is 6.35. The molecule has 0 unspecified atom stereocenters. The molecular formula is C12H12ClNO3. The Morgan fingerprint density at radius 2 is 2.24 bits per heavy atom. The van der Waals surface area contributed by atoms with Gasteiger partial charge >= 0.3 is 5.97 Å². The molecule has 17 heavy (non-hydrogen) atoms. The second kappa shape index (κ2) is 4.39. The number of benzene rings is 1. The largest absolute Gasteiger partial charge is 0.477 e. The highest BCUT2D eigenvalue weighted by Crippen LogP contribution is 2.31. The molecule has 0 amide bonds. The van der Waals surface area contributed by atoms with Crippen LogP contribution in [0.4, 0.5) is 0 Å². The molecule has 90 valence electrons. The number of methoxy groups -OCH3 is 1. The van der Waals surface area contributed by atoms with Crippen LogP contribution in [-0.2, 0) is 11.5 Å². The predicted octanol–water partition coefficient (Wildman–Crippen LogP) is 2.91. The first-order valence-corrected chi connectivity index (χ1v) is 5.45. The molecule has 0 bridgehead atoms. The second-order valence-electron chi connectivity index (χ2n) is 3.76. The lowest BCUT2D eigenvalue weighted by Crippen LogP contribution is -2.10. The van der Waals surface area contributed by atoms with Gasteiger partial charge in [-0.1, -0.05) is 23.7 Å². The Bertz CT molecular complexity index is 589. The third-order valence-electron chi connectivity index (χ3n) is 2.75. The van der Waals surface area contributed by atoms with Crippen LogP contribution in [-0.4, -0.2) is 22.8 Å². The van der Waals surface area contributed by atoms with E-state index in [-0.39, 0.29) is 12.4 Å². The normalized spacial score (nSPS) is 11.0. The number of aromatic carboxylic acids is 1. The monoisotopic (exact) mass is 253 g/mol. The number of para-hydroxylation sites is 1. The molecule has 0 aliphatic rings. The molecule has 2 rings (SSSR count). The van der Waals surface area contributed by atoms with Gasteiger partial charge in [-0.3, -0.25) is 0 Å². The average molecular weight is 254 g/mol. The number of hydrogen-bond acceptors (Lipinski definition) is 2. The molecule has 0 aliphatic carbocycles. The average Bonchev–Trinajstić information content (AvgIpc) is 2.54. The highest BCUT2D eigenvalue weighted by atomic mass is 35.5. The minimum atomic E-state index is -0.980. The Balaban J connectivity index is 2.88. The number of rotatable bonds is 3. The number of nitrogens with zero attached hydrogens (tertiary/aromatic N) is 1. The first kappa shape index (κ1) is 12.0. The van der Waals surface area contributed by atoms with Crippen molar-refractivity contribution in [3.05, 3.63) is 34.5 Å². The third kappa shape index (κ3) is 1.79. The van der Waals surface area contributed by atoms with Crippen LogP contribution in [0.15, 0.2) is 18.2 Å². The Morgan fingerprint density at radius 3 is 2.82 bits per heavy atom. The van der Waals surface area contributed by atoms with Gasteiger partial charge in [0.2, 0.25) is 0 Å². The van der Waals surface area contributed by atoms with E-state index in [1.54, 1.807) is 23.6 Å². The Hall–Kier alpha value is -1.52. The van der Waals surface area contributed by atoms with Crippen LogP contribution in [0.3, 0.4) is 0 Å². The van der Waals surface area contributed by atoms with Crippen molar-refractivity contribution in [2.75, 3.05) is 7.11 Å². The maximum absolute atomic E-state index is 11.3. The van der Waals surface area contributed by atoms with E-state index in [0.29, 0.717) is 16.1 Å². The molecule has 4 nitrogen and oxygen atoms in total. The maximum Gasteiger partial charge on any atom is 0.352 e. The smallest absolute Gasteiger partial charge is 0.352 e. The number of carbonyl (C=O) groups is 1. The first-order chi connectivity index (χ1) is 8.07. The topological polar surface area (TPSA) is 51.5 Å². The summed E-state index contributed by atoms with van der Waals surface area (Å²) in [6.45, 7) is 1.93. The molecular weight excluding hydrogens is 242 g/mol. The van der Waals surface area contributed by atoms with Crippen molar-refractivity contribution in [2.24, 2.45) is 0 Å². The molecule has 0 radical (unpaired) electrons. The van der Waals surface area contributed by atoms with Gasteiger partial charge in [0.25, 0.3) is 0 Å². The quantitative estimate of drug-likeness (QED) is 0.915. The van der Waals surface area contributed by atoms with E-state index in [9.17, 15) is 9.90 Å².